The van der Waals surface area contributed by atoms with E-state index in [-0.39, 0.29) is 34.0 Å². The summed E-state index contributed by atoms with van der Waals surface area (Å²) >= 11 is 6.01. The van der Waals surface area contributed by atoms with Crippen LogP contribution in [0.15, 0.2) is 71.8 Å². The molecule has 1 amide bonds. The van der Waals surface area contributed by atoms with E-state index in [9.17, 15) is 18.3 Å². The average Bonchev–Trinajstić information content (AvgIpc) is 2.83. The average molecular weight is 488 g/mol. The van der Waals surface area contributed by atoms with E-state index < -0.39 is 28.6 Å². The van der Waals surface area contributed by atoms with Crippen LogP contribution in [0.2, 0.25) is 5.02 Å². The van der Waals surface area contributed by atoms with E-state index in [1.807, 2.05) is 30.3 Å². The summed E-state index contributed by atoms with van der Waals surface area (Å²) < 4.78 is 33.6. The molecule has 0 unspecified atom stereocenters. The Labute approximate surface area is 196 Å². The number of sulfonamides is 1. The van der Waals surface area contributed by atoms with Crippen molar-refractivity contribution in [2.45, 2.75) is 23.8 Å². The van der Waals surface area contributed by atoms with Gasteiger partial charge in [0.25, 0.3) is 10.0 Å². The second-order valence-corrected chi connectivity index (χ2v) is 9.83. The van der Waals surface area contributed by atoms with E-state index in [0.29, 0.717) is 5.69 Å². The van der Waals surface area contributed by atoms with Crippen LogP contribution in [0.5, 0.6) is 5.88 Å². The van der Waals surface area contributed by atoms with Gasteiger partial charge in [-0.1, -0.05) is 48.0 Å². The Morgan fingerprint density at radius 2 is 2.00 bits per heavy atom. The smallest absolute Gasteiger partial charge is 0.265 e. The summed E-state index contributed by atoms with van der Waals surface area (Å²) in [4.78, 5) is 16.9. The van der Waals surface area contributed by atoms with E-state index in [1.54, 1.807) is 13.0 Å². The van der Waals surface area contributed by atoms with Crippen molar-refractivity contribution in [3.05, 3.63) is 77.4 Å². The van der Waals surface area contributed by atoms with Gasteiger partial charge in [0.15, 0.2) is 0 Å². The number of fused-ring (bicyclic) bond motifs is 1. The molecule has 2 atom stereocenters. The van der Waals surface area contributed by atoms with Crippen molar-refractivity contribution in [2.75, 3.05) is 22.8 Å². The first-order valence-corrected chi connectivity index (χ1v) is 12.0. The van der Waals surface area contributed by atoms with Crippen LogP contribution in [0.3, 0.4) is 0 Å². The lowest BCUT2D eigenvalue weighted by Gasteiger charge is -2.36. The SMILES string of the molecule is C[C@H](C(=O)Nc1cnc2c(c1)N(S(=O)(=O)c1cccc(Cl)c1)[C@@H](CO)CO2)c1ccccc1. The number of nitrogens with zero attached hydrogens (tertiary/aromatic N) is 2. The molecule has 0 aliphatic carbocycles. The maximum absolute atomic E-state index is 13.5. The van der Waals surface area contributed by atoms with Gasteiger partial charge in [-0.2, -0.15) is 0 Å². The molecule has 0 spiro atoms. The van der Waals surface area contributed by atoms with Gasteiger partial charge < -0.3 is 15.2 Å². The summed E-state index contributed by atoms with van der Waals surface area (Å²) in [7, 11) is -4.11. The summed E-state index contributed by atoms with van der Waals surface area (Å²) in [5.74, 6) is -0.628. The van der Waals surface area contributed by atoms with Crippen molar-refractivity contribution >= 4 is 38.9 Å². The predicted octanol–water partition coefficient (Wildman–Crippen LogP) is 3.43. The number of carbonyl (C=O) groups excluding carboxylic acids is 1. The second-order valence-electron chi connectivity index (χ2n) is 7.58. The number of halogens is 1. The molecule has 3 aromatic rings. The Kier molecular flexibility index (Phi) is 6.55. The summed E-state index contributed by atoms with van der Waals surface area (Å²) in [6.45, 7) is 1.23. The normalized spacial score (nSPS) is 16.5. The Balaban J connectivity index is 1.69. The molecule has 2 aromatic carbocycles. The fourth-order valence-corrected chi connectivity index (χ4v) is 5.47. The first kappa shape index (κ1) is 23.0. The molecule has 4 rings (SSSR count). The monoisotopic (exact) mass is 487 g/mol. The van der Waals surface area contributed by atoms with Gasteiger partial charge in [0.1, 0.15) is 18.3 Å². The van der Waals surface area contributed by atoms with Crippen molar-refractivity contribution in [2.24, 2.45) is 0 Å². The number of anilines is 2. The van der Waals surface area contributed by atoms with Crippen LogP contribution < -0.4 is 14.4 Å². The lowest BCUT2D eigenvalue weighted by atomic mass is 10.0. The number of nitrogens with one attached hydrogen (secondary N) is 1. The fourth-order valence-electron chi connectivity index (χ4n) is 3.55. The molecule has 8 nitrogen and oxygen atoms in total. The zero-order valence-electron chi connectivity index (χ0n) is 17.7. The van der Waals surface area contributed by atoms with Gasteiger partial charge in [-0.15, -0.1) is 0 Å². The third-order valence-corrected chi connectivity index (χ3v) is 7.44. The number of pyridine rings is 1. The quantitative estimate of drug-likeness (QED) is 0.551. The maximum Gasteiger partial charge on any atom is 0.265 e. The van der Waals surface area contributed by atoms with Crippen LogP contribution in [0.1, 0.15) is 18.4 Å². The van der Waals surface area contributed by atoms with E-state index in [2.05, 4.69) is 10.3 Å². The lowest BCUT2D eigenvalue weighted by Crippen LogP contribution is -2.49. The van der Waals surface area contributed by atoms with E-state index in [1.165, 1.54) is 30.5 Å². The first-order valence-electron chi connectivity index (χ1n) is 10.2. The minimum Gasteiger partial charge on any atom is -0.474 e. The summed E-state index contributed by atoms with van der Waals surface area (Å²) in [6, 6.07) is 15.7. The predicted molar refractivity (Wildman–Crippen MR) is 125 cm³/mol. The van der Waals surface area contributed by atoms with Crippen LogP contribution >= 0.6 is 11.6 Å². The molecule has 33 heavy (non-hydrogen) atoms. The Morgan fingerprint density at radius 3 is 2.70 bits per heavy atom. The van der Waals surface area contributed by atoms with Crippen LogP contribution in [0.4, 0.5) is 11.4 Å². The number of hydrogen-bond acceptors (Lipinski definition) is 6. The van der Waals surface area contributed by atoms with E-state index in [0.717, 1.165) is 9.87 Å². The van der Waals surface area contributed by atoms with Crippen molar-refractivity contribution in [3.63, 3.8) is 0 Å². The summed E-state index contributed by atoms with van der Waals surface area (Å²) in [5.41, 5.74) is 1.26. The molecule has 172 valence electrons. The number of aromatic nitrogens is 1. The number of aliphatic hydroxyl groups excluding tert-OH is 1. The number of carbonyl (C=O) groups is 1. The number of hydrogen-bond donors (Lipinski definition) is 2. The first-order chi connectivity index (χ1) is 15.8. The summed E-state index contributed by atoms with van der Waals surface area (Å²) in [6.07, 6.45) is 1.40. The zero-order chi connectivity index (χ0) is 23.6. The molecular weight excluding hydrogens is 466 g/mol. The Bertz CT molecular complexity index is 1270. The van der Waals surface area contributed by atoms with Gasteiger partial charge in [-0.3, -0.25) is 9.10 Å². The minimum absolute atomic E-state index is 0.0339. The highest BCUT2D eigenvalue weighted by Gasteiger charge is 2.38. The molecule has 2 heterocycles. The van der Waals surface area contributed by atoms with Gasteiger partial charge in [-0.05, 0) is 36.8 Å². The Morgan fingerprint density at radius 1 is 1.24 bits per heavy atom. The van der Waals surface area contributed by atoms with Crippen LogP contribution in [0.25, 0.3) is 0 Å². The summed E-state index contributed by atoms with van der Waals surface area (Å²) in [5, 5.41) is 12.9. The molecule has 1 aliphatic rings. The number of ether oxygens (including phenoxy) is 1. The molecule has 0 fully saturated rings. The lowest BCUT2D eigenvalue weighted by molar-refractivity contribution is -0.117. The van der Waals surface area contributed by atoms with Gasteiger partial charge in [0.05, 0.1) is 29.3 Å². The van der Waals surface area contributed by atoms with Crippen molar-refractivity contribution in [1.82, 2.24) is 4.98 Å². The molecule has 10 heteroatoms. The topological polar surface area (TPSA) is 109 Å². The van der Waals surface area contributed by atoms with E-state index >= 15 is 0 Å². The third kappa shape index (κ3) is 4.66. The fraction of sp³-hybridized carbons (Fsp3) is 0.217. The van der Waals surface area contributed by atoms with Crippen molar-refractivity contribution < 1.29 is 23.1 Å². The minimum atomic E-state index is -4.11. The zero-order valence-corrected chi connectivity index (χ0v) is 19.3. The van der Waals surface area contributed by atoms with Crippen LogP contribution in [-0.2, 0) is 14.8 Å². The van der Waals surface area contributed by atoms with Crippen LogP contribution in [0, 0.1) is 0 Å². The van der Waals surface area contributed by atoms with Crippen molar-refractivity contribution in [3.8, 4) is 5.88 Å². The van der Waals surface area contributed by atoms with Gasteiger partial charge in [-0.25, -0.2) is 13.4 Å². The van der Waals surface area contributed by atoms with Gasteiger partial charge in [0, 0.05) is 5.02 Å². The third-order valence-electron chi connectivity index (χ3n) is 5.34. The highest BCUT2D eigenvalue weighted by atomic mass is 35.5. The second kappa shape index (κ2) is 9.38. The molecule has 2 N–H and O–H groups in total. The molecule has 1 aliphatic heterocycles. The largest absolute Gasteiger partial charge is 0.474 e. The number of amides is 1. The van der Waals surface area contributed by atoms with Crippen molar-refractivity contribution in [1.29, 1.82) is 0 Å². The van der Waals surface area contributed by atoms with E-state index in [4.69, 9.17) is 16.3 Å². The van der Waals surface area contributed by atoms with Gasteiger partial charge in [0.2, 0.25) is 11.8 Å². The molecule has 0 saturated carbocycles. The highest BCUT2D eigenvalue weighted by molar-refractivity contribution is 7.92. The molecule has 0 saturated heterocycles. The maximum atomic E-state index is 13.5. The number of aliphatic hydroxyl groups is 1. The number of rotatable bonds is 6. The molecule has 0 bridgehead atoms. The van der Waals surface area contributed by atoms with Crippen LogP contribution in [-0.4, -0.2) is 43.7 Å². The molecule has 1 aromatic heterocycles. The molecule has 0 radical (unpaired) electrons. The standard InChI is InChI=1S/C23H22ClN3O5S/c1-15(16-6-3-2-4-7-16)22(29)26-18-11-21-23(25-12-18)32-14-19(13-28)27(21)33(30,31)20-9-5-8-17(24)10-20/h2-12,15,19,28H,13-14H2,1H3,(H,26,29)/t15-,19-/m0/s1. The molecular formula is C23H22ClN3O5S. The van der Waals surface area contributed by atoms with Gasteiger partial charge >= 0.3 is 0 Å². The highest BCUT2D eigenvalue weighted by Crippen LogP contribution is 2.38. The Hall–Kier alpha value is -3.14. The number of benzene rings is 2.